The van der Waals surface area contributed by atoms with Crippen LogP contribution in [-0.4, -0.2) is 25.9 Å². The molecule has 0 saturated carbocycles. The molecule has 0 atom stereocenters. The minimum absolute atomic E-state index is 0.0545. The van der Waals surface area contributed by atoms with Gasteiger partial charge in [0.05, 0.1) is 17.1 Å². The first-order valence-corrected chi connectivity index (χ1v) is 10.2. The maximum atomic E-state index is 11.7. The number of nitrogens with zero attached hydrogens (tertiary/aromatic N) is 2. The van der Waals surface area contributed by atoms with Crippen molar-refractivity contribution in [2.45, 2.75) is 9.79 Å². The molecule has 0 aliphatic heterocycles. The third kappa shape index (κ3) is 4.11. The van der Waals surface area contributed by atoms with Crippen LogP contribution < -0.4 is 5.73 Å². The van der Waals surface area contributed by atoms with Crippen LogP contribution in [0, 0.1) is 0 Å². The number of nitrogens with one attached hydrogen (secondary N) is 1. The second-order valence-electron chi connectivity index (χ2n) is 5.49. The lowest BCUT2D eigenvalue weighted by molar-refractivity contribution is 0.481. The molecule has 3 N–H and O–H groups in total. The van der Waals surface area contributed by atoms with Crippen LogP contribution in [0.15, 0.2) is 74.6 Å². The molecule has 0 aromatic heterocycles. The minimum atomic E-state index is -4.71. The van der Waals surface area contributed by atoms with Gasteiger partial charge in [-0.15, -0.1) is 0 Å². The van der Waals surface area contributed by atoms with Gasteiger partial charge in [-0.05, 0) is 42.5 Å². The number of rotatable bonds is 4. The number of hydrogen-bond donors (Lipinski definition) is 2. The zero-order chi connectivity index (χ0) is 19.8. The first-order valence-electron chi connectivity index (χ1n) is 7.31. The largest absolute Gasteiger partial charge is 0.301 e. The van der Waals surface area contributed by atoms with Gasteiger partial charge in [-0.3, -0.25) is 9.11 Å². The minimum Gasteiger partial charge on any atom is -0.301 e. The summed E-state index contributed by atoms with van der Waals surface area (Å²) in [6.45, 7) is 0. The van der Waals surface area contributed by atoms with E-state index in [1.54, 1.807) is 0 Å². The van der Waals surface area contributed by atoms with Crippen LogP contribution in [0.4, 0.5) is 17.1 Å². The molecule has 11 heteroatoms. The third-order valence-electron chi connectivity index (χ3n) is 3.61. The molecule has 9 nitrogen and oxygen atoms in total. The molecule has 0 spiro atoms. The summed E-state index contributed by atoms with van der Waals surface area (Å²) < 4.78 is 65.5. The zero-order valence-electron chi connectivity index (χ0n) is 13.4. The van der Waals surface area contributed by atoms with E-state index < -0.39 is 30.0 Å². The van der Waals surface area contributed by atoms with Crippen molar-refractivity contribution in [1.29, 1.82) is 0 Å². The van der Waals surface area contributed by atoms with E-state index in [2.05, 4.69) is 10.2 Å². The third-order valence-corrected chi connectivity index (χ3v) is 5.41. The van der Waals surface area contributed by atoms with E-state index in [4.69, 9.17) is 5.73 Å². The highest BCUT2D eigenvalue weighted by molar-refractivity contribution is 7.86. The van der Waals surface area contributed by atoms with Crippen LogP contribution in [0.1, 0.15) is 0 Å². The van der Waals surface area contributed by atoms with Gasteiger partial charge in [-0.1, -0.05) is 12.1 Å². The predicted octanol–water partition coefficient (Wildman–Crippen LogP) is 3.66. The quantitative estimate of drug-likeness (QED) is 0.497. The van der Waals surface area contributed by atoms with Crippen molar-refractivity contribution in [1.82, 2.24) is 5.73 Å². The summed E-state index contributed by atoms with van der Waals surface area (Å²) in [7, 11) is -9.36. The molecule has 3 rings (SSSR count). The highest BCUT2D eigenvalue weighted by Gasteiger charge is 2.21. The molecule has 0 bridgehead atoms. The molecular formula is C16H12N3O6S2. The molecule has 139 valence electrons. The van der Waals surface area contributed by atoms with E-state index in [0.717, 1.165) is 12.1 Å². The standard InChI is InChI=1S/C16H12N3O6S2/c17-10-4-6-11(7-5-10)18-19-12-8-14-13(16(9-12)27(23,24)25)2-1-3-15(14)26(20,21)22/h1-9,17H,(H,20,21,22)(H,23,24,25)/b19-18+. The van der Waals surface area contributed by atoms with Gasteiger partial charge in [-0.2, -0.15) is 27.1 Å². The number of benzene rings is 3. The molecule has 0 fully saturated rings. The second-order valence-corrected chi connectivity index (χ2v) is 8.27. The highest BCUT2D eigenvalue weighted by Crippen LogP contribution is 2.33. The van der Waals surface area contributed by atoms with Crippen molar-refractivity contribution in [2.75, 3.05) is 0 Å². The van der Waals surface area contributed by atoms with Gasteiger partial charge >= 0.3 is 0 Å². The van der Waals surface area contributed by atoms with Crippen LogP contribution in [0.5, 0.6) is 0 Å². The van der Waals surface area contributed by atoms with E-state index in [0.29, 0.717) is 5.69 Å². The Hall–Kier alpha value is -2.86. The fraction of sp³-hybridized carbons (Fsp3) is 0. The predicted molar refractivity (Wildman–Crippen MR) is 97.0 cm³/mol. The molecule has 3 aromatic rings. The lowest BCUT2D eigenvalue weighted by Gasteiger charge is -2.08. The summed E-state index contributed by atoms with van der Waals surface area (Å²) >= 11 is 0. The smallest absolute Gasteiger partial charge is 0.295 e. The van der Waals surface area contributed by atoms with E-state index >= 15 is 0 Å². The summed E-state index contributed by atoms with van der Waals surface area (Å²) in [6.07, 6.45) is 0. The molecule has 1 radical (unpaired) electrons. The molecular weight excluding hydrogens is 394 g/mol. The number of azo groups is 1. The van der Waals surface area contributed by atoms with Crippen molar-refractivity contribution in [3.8, 4) is 0 Å². The van der Waals surface area contributed by atoms with Gasteiger partial charge in [0.1, 0.15) is 9.79 Å². The fourth-order valence-electron chi connectivity index (χ4n) is 2.45. The zero-order valence-corrected chi connectivity index (χ0v) is 15.1. The Morgan fingerprint density at radius 1 is 0.704 bits per heavy atom. The Morgan fingerprint density at radius 3 is 1.89 bits per heavy atom. The fourth-order valence-corrected chi connectivity index (χ4v) is 3.87. The number of hydrogen-bond acceptors (Lipinski definition) is 6. The molecule has 0 saturated heterocycles. The Bertz CT molecular complexity index is 1270. The summed E-state index contributed by atoms with van der Waals surface area (Å²) in [6, 6.07) is 11.9. The molecule has 0 unspecified atom stereocenters. The topological polar surface area (TPSA) is 157 Å². The van der Waals surface area contributed by atoms with E-state index in [1.807, 2.05) is 0 Å². The average molecular weight is 406 g/mol. The first-order chi connectivity index (χ1) is 12.6. The Morgan fingerprint density at radius 2 is 1.30 bits per heavy atom. The summed E-state index contributed by atoms with van der Waals surface area (Å²) in [5, 5.41) is 7.53. The molecule has 27 heavy (non-hydrogen) atoms. The Labute approximate surface area is 154 Å². The van der Waals surface area contributed by atoms with Crippen molar-refractivity contribution in [3.63, 3.8) is 0 Å². The highest BCUT2D eigenvalue weighted by atomic mass is 32.2. The molecule has 0 amide bonds. The van der Waals surface area contributed by atoms with E-state index in [-0.39, 0.29) is 22.1 Å². The summed E-state index contributed by atoms with van der Waals surface area (Å²) in [5.74, 6) is 0. The van der Waals surface area contributed by atoms with E-state index in [1.165, 1.54) is 42.5 Å². The van der Waals surface area contributed by atoms with Crippen molar-refractivity contribution in [3.05, 3.63) is 54.6 Å². The van der Waals surface area contributed by atoms with Gasteiger partial charge in [0.25, 0.3) is 20.2 Å². The molecule has 3 aromatic carbocycles. The van der Waals surface area contributed by atoms with Crippen LogP contribution >= 0.6 is 0 Å². The maximum absolute atomic E-state index is 11.7. The van der Waals surface area contributed by atoms with Crippen LogP contribution in [0.3, 0.4) is 0 Å². The van der Waals surface area contributed by atoms with Gasteiger partial charge in [0.15, 0.2) is 0 Å². The van der Waals surface area contributed by atoms with Gasteiger partial charge < -0.3 is 5.73 Å². The number of fused-ring (bicyclic) bond motifs is 1. The molecule has 0 heterocycles. The van der Waals surface area contributed by atoms with Gasteiger partial charge in [0.2, 0.25) is 0 Å². The Kier molecular flexibility index (Phi) is 4.70. The molecule has 0 aliphatic carbocycles. The van der Waals surface area contributed by atoms with Crippen LogP contribution in [0.25, 0.3) is 10.8 Å². The molecule has 0 aliphatic rings. The SMILES string of the molecule is [NH]c1ccc(/N=N/c2cc(S(=O)(=O)O)c3cccc(S(=O)(=O)O)c3c2)cc1. The van der Waals surface area contributed by atoms with Crippen molar-refractivity contribution < 1.29 is 25.9 Å². The second kappa shape index (κ2) is 6.70. The average Bonchev–Trinajstić information content (AvgIpc) is 2.58. The van der Waals surface area contributed by atoms with Crippen molar-refractivity contribution >= 4 is 48.1 Å². The van der Waals surface area contributed by atoms with Crippen molar-refractivity contribution in [2.24, 2.45) is 10.2 Å². The van der Waals surface area contributed by atoms with Gasteiger partial charge in [-0.25, -0.2) is 0 Å². The van der Waals surface area contributed by atoms with E-state index in [9.17, 15) is 25.9 Å². The lowest BCUT2D eigenvalue weighted by Crippen LogP contribution is -2.03. The Balaban J connectivity index is 2.26. The van der Waals surface area contributed by atoms with Gasteiger partial charge in [0, 0.05) is 10.8 Å². The maximum Gasteiger partial charge on any atom is 0.295 e. The van der Waals surface area contributed by atoms with Crippen LogP contribution in [0.2, 0.25) is 0 Å². The monoisotopic (exact) mass is 406 g/mol. The normalized spacial score (nSPS) is 12.7. The first kappa shape index (κ1) is 18.9. The summed E-state index contributed by atoms with van der Waals surface area (Å²) in [5.41, 5.74) is 8.00. The lowest BCUT2D eigenvalue weighted by atomic mass is 10.1. The van der Waals surface area contributed by atoms with Crippen LogP contribution in [-0.2, 0) is 20.2 Å². The summed E-state index contributed by atoms with van der Waals surface area (Å²) in [4.78, 5) is -1.10.